The van der Waals surface area contributed by atoms with Crippen LogP contribution >= 0.6 is 0 Å². The first-order chi connectivity index (χ1) is 15.1. The van der Waals surface area contributed by atoms with Gasteiger partial charge in [-0.25, -0.2) is 4.79 Å². The van der Waals surface area contributed by atoms with E-state index in [4.69, 9.17) is 23.7 Å². The second-order valence-corrected chi connectivity index (χ2v) is 10.4. The van der Waals surface area contributed by atoms with E-state index in [2.05, 4.69) is 10.6 Å². The highest BCUT2D eigenvalue weighted by Crippen LogP contribution is 2.44. The Morgan fingerprint density at radius 1 is 0.758 bits per heavy atom. The first kappa shape index (κ1) is 25.8. The summed E-state index contributed by atoms with van der Waals surface area (Å²) in [6.45, 7) is 13.9. The van der Waals surface area contributed by atoms with Gasteiger partial charge in [-0.1, -0.05) is 27.7 Å². The molecule has 188 valence electrons. The number of aliphatic carboxylic acids is 1. The molecular formula is C22H36N2O9. The van der Waals surface area contributed by atoms with Gasteiger partial charge in [-0.05, 0) is 39.5 Å². The minimum atomic E-state index is -1.14. The summed E-state index contributed by atoms with van der Waals surface area (Å²) in [5, 5.41) is 14.6. The molecule has 0 spiro atoms. The van der Waals surface area contributed by atoms with Crippen LogP contribution < -0.4 is 10.6 Å². The van der Waals surface area contributed by atoms with Crippen LogP contribution in [0.15, 0.2) is 0 Å². The molecule has 0 unspecified atom stereocenters. The fraction of sp³-hybridized carbons (Fsp3) is 0.864. The van der Waals surface area contributed by atoms with Gasteiger partial charge in [-0.15, -0.1) is 0 Å². The van der Waals surface area contributed by atoms with Crippen LogP contribution in [0.2, 0.25) is 0 Å². The van der Waals surface area contributed by atoms with Gasteiger partial charge in [0.2, 0.25) is 5.91 Å². The fourth-order valence-corrected chi connectivity index (χ4v) is 4.35. The zero-order valence-corrected chi connectivity index (χ0v) is 20.4. The van der Waals surface area contributed by atoms with E-state index in [-0.39, 0.29) is 11.8 Å². The standard InChI is InChI=1S/C22H36N2O9/c1-9(2)11(17(25)24-12(10(3)4)19(27)28)23-18(26)15-13-14(31-21(5,6)30-13)16-20(29-15)33-22(7,8)32-16/h9-16,20H,1-8H3,(H,23,26)(H,24,25)(H,27,28)/t11-,12+,13+,14-,15+,16+,20+/m0/s1. The van der Waals surface area contributed by atoms with Crippen LogP contribution in [-0.2, 0) is 38.1 Å². The van der Waals surface area contributed by atoms with E-state index in [0.717, 1.165) is 0 Å². The molecule has 2 amide bonds. The number of ether oxygens (including phenoxy) is 5. The molecule has 3 aliphatic rings. The van der Waals surface area contributed by atoms with Crippen LogP contribution in [0.4, 0.5) is 0 Å². The highest BCUT2D eigenvalue weighted by Gasteiger charge is 2.62. The number of nitrogens with one attached hydrogen (secondary N) is 2. The van der Waals surface area contributed by atoms with Crippen molar-refractivity contribution in [1.29, 1.82) is 0 Å². The summed E-state index contributed by atoms with van der Waals surface area (Å²) in [6, 6.07) is -2.06. The molecule has 33 heavy (non-hydrogen) atoms. The summed E-state index contributed by atoms with van der Waals surface area (Å²) in [4.78, 5) is 37.7. The fourth-order valence-electron chi connectivity index (χ4n) is 4.35. The average Bonchev–Trinajstić information content (AvgIpc) is 3.15. The van der Waals surface area contributed by atoms with Gasteiger partial charge in [0.25, 0.3) is 5.91 Å². The molecule has 11 heteroatoms. The van der Waals surface area contributed by atoms with Crippen LogP contribution in [-0.4, -0.2) is 77.3 Å². The molecular weight excluding hydrogens is 436 g/mol. The largest absolute Gasteiger partial charge is 0.480 e. The first-order valence-corrected chi connectivity index (χ1v) is 11.3. The van der Waals surface area contributed by atoms with Crippen molar-refractivity contribution >= 4 is 17.8 Å². The number of amides is 2. The molecule has 3 heterocycles. The topological polar surface area (TPSA) is 142 Å². The third-order valence-electron chi connectivity index (χ3n) is 5.89. The molecule has 0 aliphatic carbocycles. The number of carbonyl (C=O) groups is 3. The lowest BCUT2D eigenvalue weighted by Gasteiger charge is -2.37. The monoisotopic (exact) mass is 472 g/mol. The summed E-state index contributed by atoms with van der Waals surface area (Å²) < 4.78 is 29.7. The Balaban J connectivity index is 1.78. The molecule has 3 rings (SSSR count). The van der Waals surface area contributed by atoms with Gasteiger partial charge in [0.15, 0.2) is 24.0 Å². The number of carboxylic acids is 1. The third-order valence-corrected chi connectivity index (χ3v) is 5.89. The van der Waals surface area contributed by atoms with E-state index in [9.17, 15) is 19.5 Å². The second-order valence-electron chi connectivity index (χ2n) is 10.4. The minimum absolute atomic E-state index is 0.315. The molecule has 0 aromatic rings. The van der Waals surface area contributed by atoms with Crippen LogP contribution in [0.3, 0.4) is 0 Å². The summed E-state index contributed by atoms with van der Waals surface area (Å²) in [7, 11) is 0. The lowest BCUT2D eigenvalue weighted by atomic mass is 9.96. The Morgan fingerprint density at radius 3 is 1.82 bits per heavy atom. The molecule has 7 atom stereocenters. The van der Waals surface area contributed by atoms with E-state index in [1.807, 2.05) is 0 Å². The van der Waals surface area contributed by atoms with Crippen LogP contribution in [0.5, 0.6) is 0 Å². The zero-order valence-electron chi connectivity index (χ0n) is 20.4. The normalized spacial score (nSPS) is 33.8. The van der Waals surface area contributed by atoms with Crippen molar-refractivity contribution in [2.45, 2.75) is 110 Å². The smallest absolute Gasteiger partial charge is 0.326 e. The Morgan fingerprint density at radius 2 is 1.27 bits per heavy atom. The van der Waals surface area contributed by atoms with Crippen molar-refractivity contribution in [3.63, 3.8) is 0 Å². The maximum atomic E-state index is 13.3. The van der Waals surface area contributed by atoms with Crippen molar-refractivity contribution < 1.29 is 43.2 Å². The number of hydrogen-bond donors (Lipinski definition) is 3. The number of carboxylic acid groups (broad SMARTS) is 1. The van der Waals surface area contributed by atoms with Crippen molar-refractivity contribution in [3.8, 4) is 0 Å². The summed E-state index contributed by atoms with van der Waals surface area (Å²) in [6.07, 6.45) is -3.94. The molecule has 3 aliphatic heterocycles. The molecule has 0 saturated carbocycles. The maximum Gasteiger partial charge on any atom is 0.326 e. The average molecular weight is 473 g/mol. The second kappa shape index (κ2) is 9.10. The first-order valence-electron chi connectivity index (χ1n) is 11.3. The summed E-state index contributed by atoms with van der Waals surface area (Å²) in [5.74, 6) is -4.85. The summed E-state index contributed by atoms with van der Waals surface area (Å²) >= 11 is 0. The molecule has 3 N–H and O–H groups in total. The molecule has 0 bridgehead atoms. The van der Waals surface area contributed by atoms with Gasteiger partial charge in [0, 0.05) is 0 Å². The zero-order chi connectivity index (χ0) is 24.9. The maximum absolute atomic E-state index is 13.3. The van der Waals surface area contributed by atoms with E-state index in [0.29, 0.717) is 0 Å². The number of rotatable bonds is 7. The minimum Gasteiger partial charge on any atom is -0.480 e. The SMILES string of the molecule is CC(C)[C@H](NC(=O)[C@@H]1O[C@@H]2OC(C)(C)O[C@@H]2[C@H]2OC(C)(C)O[C@H]21)C(=O)N[C@@H](C(=O)O)C(C)C. The Hall–Kier alpha value is -1.79. The molecule has 0 aromatic heterocycles. The van der Waals surface area contributed by atoms with E-state index >= 15 is 0 Å². The lowest BCUT2D eigenvalue weighted by molar-refractivity contribution is -0.231. The van der Waals surface area contributed by atoms with Crippen LogP contribution in [0, 0.1) is 11.8 Å². The van der Waals surface area contributed by atoms with Crippen molar-refractivity contribution in [2.75, 3.05) is 0 Å². The van der Waals surface area contributed by atoms with E-state index in [1.54, 1.807) is 55.4 Å². The highest BCUT2D eigenvalue weighted by atomic mass is 16.9. The molecule has 3 saturated heterocycles. The van der Waals surface area contributed by atoms with Crippen molar-refractivity contribution in [2.24, 2.45) is 11.8 Å². The third kappa shape index (κ3) is 5.48. The quantitative estimate of drug-likeness (QED) is 0.489. The van der Waals surface area contributed by atoms with E-state index < -0.39 is 72.1 Å². The van der Waals surface area contributed by atoms with Gasteiger partial charge in [-0.3, -0.25) is 9.59 Å². The molecule has 3 fully saturated rings. The Labute approximate surface area is 193 Å². The molecule has 0 radical (unpaired) electrons. The number of hydrogen-bond acceptors (Lipinski definition) is 8. The van der Waals surface area contributed by atoms with Gasteiger partial charge < -0.3 is 39.4 Å². The van der Waals surface area contributed by atoms with Gasteiger partial charge in [0.05, 0.1) is 0 Å². The predicted molar refractivity (Wildman–Crippen MR) is 114 cm³/mol. The van der Waals surface area contributed by atoms with Crippen molar-refractivity contribution in [3.05, 3.63) is 0 Å². The van der Waals surface area contributed by atoms with E-state index in [1.165, 1.54) is 0 Å². The van der Waals surface area contributed by atoms with Crippen molar-refractivity contribution in [1.82, 2.24) is 10.6 Å². The van der Waals surface area contributed by atoms with Gasteiger partial charge in [-0.2, -0.15) is 0 Å². The highest BCUT2D eigenvalue weighted by molar-refractivity contribution is 5.92. The Bertz CT molecular complexity index is 782. The molecule has 0 aromatic carbocycles. The van der Waals surface area contributed by atoms with Gasteiger partial charge in [0.1, 0.15) is 30.4 Å². The summed E-state index contributed by atoms with van der Waals surface area (Å²) in [5.41, 5.74) is 0. The van der Waals surface area contributed by atoms with Gasteiger partial charge >= 0.3 is 5.97 Å². The molecule has 11 nitrogen and oxygen atoms in total. The predicted octanol–water partition coefficient (Wildman–Crippen LogP) is 0.749. The number of carbonyl (C=O) groups excluding carboxylic acids is 2. The Kier molecular flexibility index (Phi) is 7.12. The lowest BCUT2D eigenvalue weighted by Crippen LogP contribution is -2.62. The van der Waals surface area contributed by atoms with Crippen LogP contribution in [0.25, 0.3) is 0 Å². The van der Waals surface area contributed by atoms with Crippen LogP contribution in [0.1, 0.15) is 55.4 Å². The number of fused-ring (bicyclic) bond motifs is 3.